The lowest BCUT2D eigenvalue weighted by Gasteiger charge is -2.31. The molecule has 4 rings (SSSR count). The number of rotatable bonds is 6. The molecule has 0 bridgehead atoms. The van der Waals surface area contributed by atoms with Gasteiger partial charge in [-0.2, -0.15) is 9.40 Å². The minimum absolute atomic E-state index is 0.160. The summed E-state index contributed by atoms with van der Waals surface area (Å²) in [6, 6.07) is 15.9. The Balaban J connectivity index is 1.38. The third-order valence-electron chi connectivity index (χ3n) is 5.17. The molecular formula is C21H23N5O3S. The summed E-state index contributed by atoms with van der Waals surface area (Å²) in [4.78, 5) is 16.9. The molecule has 9 heteroatoms. The minimum atomic E-state index is -3.59. The van der Waals surface area contributed by atoms with Crippen molar-refractivity contribution in [1.29, 1.82) is 0 Å². The number of benzene rings is 2. The monoisotopic (exact) mass is 425 g/mol. The Labute approximate surface area is 175 Å². The van der Waals surface area contributed by atoms with Gasteiger partial charge in [0.05, 0.1) is 17.4 Å². The first-order chi connectivity index (χ1) is 14.5. The van der Waals surface area contributed by atoms with E-state index >= 15 is 0 Å². The smallest absolute Gasteiger partial charge is 0.243 e. The molecule has 0 aliphatic carbocycles. The van der Waals surface area contributed by atoms with Gasteiger partial charge >= 0.3 is 0 Å². The van der Waals surface area contributed by atoms with Gasteiger partial charge < -0.3 is 5.32 Å². The standard InChI is InChI=1S/C21H23N5O3S/c27-21(24-19-10-8-17(9-11-19)13-25-16-22-15-23-25)18-5-4-12-26(14-18)30(28,29)20-6-2-1-3-7-20/h1-3,6-11,15-16,18H,4-5,12-14H2,(H,24,27)/t18-/m1/s1. The van der Waals surface area contributed by atoms with E-state index in [0.717, 1.165) is 5.56 Å². The van der Waals surface area contributed by atoms with Crippen molar-refractivity contribution in [3.05, 3.63) is 72.8 Å². The zero-order valence-corrected chi connectivity index (χ0v) is 17.2. The van der Waals surface area contributed by atoms with Gasteiger partial charge in [-0.3, -0.25) is 4.79 Å². The number of nitrogens with one attached hydrogen (secondary N) is 1. The molecule has 1 fully saturated rings. The highest BCUT2D eigenvalue weighted by Gasteiger charge is 2.33. The number of carbonyl (C=O) groups excluding carboxylic acids is 1. The van der Waals surface area contributed by atoms with Crippen LogP contribution in [0.2, 0.25) is 0 Å². The quantitative estimate of drug-likeness (QED) is 0.654. The molecular weight excluding hydrogens is 402 g/mol. The molecule has 0 spiro atoms. The molecule has 0 radical (unpaired) electrons. The lowest BCUT2D eigenvalue weighted by atomic mass is 9.98. The molecule has 156 valence electrons. The number of aromatic nitrogens is 3. The Morgan fingerprint density at radius 2 is 1.87 bits per heavy atom. The Morgan fingerprint density at radius 3 is 2.57 bits per heavy atom. The number of nitrogens with zero attached hydrogens (tertiary/aromatic N) is 4. The SMILES string of the molecule is O=C(Nc1ccc(Cn2cncn2)cc1)[C@@H]1CCCN(S(=O)(=O)c2ccccc2)C1. The summed E-state index contributed by atoms with van der Waals surface area (Å²) in [5.74, 6) is -0.543. The van der Waals surface area contributed by atoms with Crippen LogP contribution in [0.1, 0.15) is 18.4 Å². The van der Waals surface area contributed by atoms with Crippen molar-refractivity contribution >= 4 is 21.6 Å². The van der Waals surface area contributed by atoms with Gasteiger partial charge in [0.25, 0.3) is 0 Å². The van der Waals surface area contributed by atoms with Crippen molar-refractivity contribution in [3.8, 4) is 0 Å². The van der Waals surface area contributed by atoms with Crippen molar-refractivity contribution < 1.29 is 13.2 Å². The van der Waals surface area contributed by atoms with Crippen molar-refractivity contribution in [2.24, 2.45) is 5.92 Å². The lowest BCUT2D eigenvalue weighted by molar-refractivity contribution is -0.120. The summed E-state index contributed by atoms with van der Waals surface area (Å²) >= 11 is 0. The molecule has 1 saturated heterocycles. The molecule has 30 heavy (non-hydrogen) atoms. The third-order valence-corrected chi connectivity index (χ3v) is 7.05. The lowest BCUT2D eigenvalue weighted by Crippen LogP contribution is -2.43. The van der Waals surface area contributed by atoms with Crippen molar-refractivity contribution in [1.82, 2.24) is 19.1 Å². The van der Waals surface area contributed by atoms with E-state index in [9.17, 15) is 13.2 Å². The maximum atomic E-state index is 12.9. The third kappa shape index (κ3) is 4.58. The number of sulfonamides is 1. The van der Waals surface area contributed by atoms with Gasteiger partial charge in [0, 0.05) is 18.8 Å². The van der Waals surface area contributed by atoms with Crippen LogP contribution in [0.3, 0.4) is 0 Å². The van der Waals surface area contributed by atoms with Crippen LogP contribution < -0.4 is 5.32 Å². The molecule has 8 nitrogen and oxygen atoms in total. The number of anilines is 1. The van der Waals surface area contributed by atoms with E-state index in [1.54, 1.807) is 41.3 Å². The molecule has 0 saturated carbocycles. The largest absolute Gasteiger partial charge is 0.326 e. The summed E-state index contributed by atoms with van der Waals surface area (Å²) in [5.41, 5.74) is 1.72. The van der Waals surface area contributed by atoms with E-state index in [0.29, 0.717) is 31.6 Å². The van der Waals surface area contributed by atoms with Crippen LogP contribution in [0.15, 0.2) is 72.1 Å². The van der Waals surface area contributed by atoms with E-state index in [2.05, 4.69) is 15.4 Å². The fourth-order valence-electron chi connectivity index (χ4n) is 3.56. The predicted molar refractivity (Wildman–Crippen MR) is 112 cm³/mol. The highest BCUT2D eigenvalue weighted by molar-refractivity contribution is 7.89. The molecule has 3 aromatic rings. The molecule has 1 aromatic heterocycles. The molecule has 1 aliphatic heterocycles. The van der Waals surface area contributed by atoms with E-state index in [-0.39, 0.29) is 23.3 Å². The normalized spacial score (nSPS) is 17.5. The minimum Gasteiger partial charge on any atom is -0.326 e. The highest BCUT2D eigenvalue weighted by Crippen LogP contribution is 2.24. The number of piperidine rings is 1. The molecule has 2 heterocycles. The average molecular weight is 426 g/mol. The van der Waals surface area contributed by atoms with Crippen LogP contribution in [0, 0.1) is 5.92 Å². The van der Waals surface area contributed by atoms with Gasteiger partial charge in [0.2, 0.25) is 15.9 Å². The summed E-state index contributed by atoms with van der Waals surface area (Å²) in [6.45, 7) is 1.22. The van der Waals surface area contributed by atoms with Crippen LogP contribution in [-0.2, 0) is 21.4 Å². The maximum Gasteiger partial charge on any atom is 0.243 e. The van der Waals surface area contributed by atoms with E-state index < -0.39 is 10.0 Å². The Kier molecular flexibility index (Phi) is 5.91. The molecule has 1 N–H and O–H groups in total. The van der Waals surface area contributed by atoms with Crippen molar-refractivity contribution in [2.45, 2.75) is 24.3 Å². The zero-order chi connectivity index (χ0) is 21.0. The topological polar surface area (TPSA) is 97.2 Å². The summed E-state index contributed by atoms with van der Waals surface area (Å²) in [7, 11) is -3.59. The average Bonchev–Trinajstić information content (AvgIpc) is 3.29. The first-order valence-electron chi connectivity index (χ1n) is 9.80. The number of amides is 1. The Morgan fingerprint density at radius 1 is 1.10 bits per heavy atom. The molecule has 1 amide bonds. The van der Waals surface area contributed by atoms with Crippen LogP contribution in [0.25, 0.3) is 0 Å². The van der Waals surface area contributed by atoms with E-state index in [4.69, 9.17) is 0 Å². The zero-order valence-electron chi connectivity index (χ0n) is 16.4. The van der Waals surface area contributed by atoms with Gasteiger partial charge in [-0.25, -0.2) is 18.1 Å². The predicted octanol–water partition coefficient (Wildman–Crippen LogP) is 2.37. The van der Waals surface area contributed by atoms with E-state index in [1.807, 2.05) is 24.3 Å². The summed E-state index contributed by atoms with van der Waals surface area (Å²) < 4.78 is 28.9. The number of hydrogen-bond donors (Lipinski definition) is 1. The van der Waals surface area contributed by atoms with Crippen LogP contribution in [-0.4, -0.2) is 46.5 Å². The first kappa shape index (κ1) is 20.2. The molecule has 1 aliphatic rings. The van der Waals surface area contributed by atoms with Crippen molar-refractivity contribution in [3.63, 3.8) is 0 Å². The van der Waals surface area contributed by atoms with Crippen LogP contribution >= 0.6 is 0 Å². The summed E-state index contributed by atoms with van der Waals surface area (Å²) in [5, 5.41) is 6.99. The second-order valence-electron chi connectivity index (χ2n) is 7.29. The van der Waals surface area contributed by atoms with Gasteiger partial charge in [-0.1, -0.05) is 30.3 Å². The van der Waals surface area contributed by atoms with Gasteiger partial charge in [0.1, 0.15) is 12.7 Å². The second-order valence-corrected chi connectivity index (χ2v) is 9.23. The van der Waals surface area contributed by atoms with Crippen LogP contribution in [0.4, 0.5) is 5.69 Å². The fourth-order valence-corrected chi connectivity index (χ4v) is 5.10. The van der Waals surface area contributed by atoms with Crippen molar-refractivity contribution in [2.75, 3.05) is 18.4 Å². The number of carbonyl (C=O) groups is 1. The highest BCUT2D eigenvalue weighted by atomic mass is 32.2. The van der Waals surface area contributed by atoms with E-state index in [1.165, 1.54) is 10.6 Å². The second kappa shape index (κ2) is 8.76. The first-order valence-corrected chi connectivity index (χ1v) is 11.2. The Bertz CT molecular complexity index is 1080. The Hall–Kier alpha value is -3.04. The molecule has 0 unspecified atom stereocenters. The summed E-state index contributed by atoms with van der Waals surface area (Å²) in [6.07, 6.45) is 4.45. The van der Waals surface area contributed by atoms with Crippen LogP contribution in [0.5, 0.6) is 0 Å². The van der Waals surface area contributed by atoms with Gasteiger partial charge in [-0.15, -0.1) is 0 Å². The molecule has 2 aromatic carbocycles. The molecule has 1 atom stereocenters. The maximum absolute atomic E-state index is 12.9. The number of hydrogen-bond acceptors (Lipinski definition) is 5. The van der Waals surface area contributed by atoms with Gasteiger partial charge in [0.15, 0.2) is 0 Å². The fraction of sp³-hybridized carbons (Fsp3) is 0.286. The van der Waals surface area contributed by atoms with Gasteiger partial charge in [-0.05, 0) is 42.7 Å².